The maximum absolute atomic E-state index is 5.33. The maximum Gasteiger partial charge on any atom is 0.195 e. The largest absolute Gasteiger partial charge is 0.300 e. The predicted molar refractivity (Wildman–Crippen MR) is 76.1 cm³/mol. The van der Waals surface area contributed by atoms with Crippen molar-refractivity contribution in [3.05, 3.63) is 29.3 Å². The first kappa shape index (κ1) is 11.9. The van der Waals surface area contributed by atoms with Crippen molar-refractivity contribution in [3.8, 4) is 11.4 Å². The van der Waals surface area contributed by atoms with Gasteiger partial charge in [0, 0.05) is 24.5 Å². The molecule has 4 nitrogen and oxygen atoms in total. The summed E-state index contributed by atoms with van der Waals surface area (Å²) in [5.74, 6) is 4.11. The molecular formula is C12H14N4S2. The summed E-state index contributed by atoms with van der Waals surface area (Å²) in [5, 5.41) is 7.24. The molecule has 1 atom stereocenters. The minimum Gasteiger partial charge on any atom is -0.300 e. The summed E-state index contributed by atoms with van der Waals surface area (Å²) in [6.45, 7) is 0.958. The Labute approximate surface area is 115 Å². The molecule has 1 aliphatic rings. The lowest BCUT2D eigenvalue weighted by atomic mass is 10.1. The Morgan fingerprint density at radius 2 is 2.28 bits per heavy atom. The molecule has 1 unspecified atom stereocenters. The highest BCUT2D eigenvalue weighted by Crippen LogP contribution is 2.26. The molecule has 0 amide bonds. The second kappa shape index (κ2) is 5.24. The Morgan fingerprint density at radius 3 is 3.00 bits per heavy atom. The highest BCUT2D eigenvalue weighted by atomic mass is 32.2. The van der Waals surface area contributed by atoms with Gasteiger partial charge in [-0.25, -0.2) is 0 Å². The Balaban J connectivity index is 1.93. The van der Waals surface area contributed by atoms with Crippen LogP contribution in [0.25, 0.3) is 11.4 Å². The molecule has 2 aromatic rings. The van der Waals surface area contributed by atoms with E-state index in [-0.39, 0.29) is 0 Å². The first-order chi connectivity index (χ1) is 8.84. The smallest absolute Gasteiger partial charge is 0.195 e. The average molecular weight is 278 g/mol. The second-order valence-corrected chi connectivity index (χ2v) is 5.97. The number of pyridine rings is 1. The molecule has 0 spiro atoms. The van der Waals surface area contributed by atoms with Crippen LogP contribution < -0.4 is 0 Å². The Kier molecular flexibility index (Phi) is 3.47. The lowest BCUT2D eigenvalue weighted by Crippen LogP contribution is -2.11. The van der Waals surface area contributed by atoms with Crippen molar-refractivity contribution in [2.24, 2.45) is 5.92 Å². The van der Waals surface area contributed by atoms with E-state index in [1.165, 1.54) is 17.9 Å². The van der Waals surface area contributed by atoms with E-state index >= 15 is 0 Å². The monoisotopic (exact) mass is 278 g/mol. The molecule has 1 N–H and O–H groups in total. The second-order valence-electron chi connectivity index (χ2n) is 4.43. The minimum atomic E-state index is 0.707. The lowest BCUT2D eigenvalue weighted by molar-refractivity contribution is 0.491. The van der Waals surface area contributed by atoms with Gasteiger partial charge in [0.15, 0.2) is 10.6 Å². The molecule has 0 aromatic carbocycles. The summed E-state index contributed by atoms with van der Waals surface area (Å²) < 4.78 is 2.82. The van der Waals surface area contributed by atoms with Gasteiger partial charge < -0.3 is 0 Å². The van der Waals surface area contributed by atoms with Crippen LogP contribution in [0, 0.1) is 10.7 Å². The third-order valence-corrected chi connectivity index (χ3v) is 4.70. The van der Waals surface area contributed by atoms with Crippen LogP contribution in [0.2, 0.25) is 0 Å². The Hall–Kier alpha value is -1.14. The number of rotatable bonds is 3. The fourth-order valence-corrected chi connectivity index (χ4v) is 3.67. The normalized spacial score (nSPS) is 19.2. The first-order valence-corrected chi connectivity index (χ1v) is 7.54. The van der Waals surface area contributed by atoms with Crippen LogP contribution in [0.3, 0.4) is 0 Å². The maximum atomic E-state index is 5.33. The van der Waals surface area contributed by atoms with Gasteiger partial charge in [-0.3, -0.25) is 14.6 Å². The van der Waals surface area contributed by atoms with Crippen molar-refractivity contribution in [2.45, 2.75) is 13.0 Å². The Morgan fingerprint density at radius 1 is 1.44 bits per heavy atom. The highest BCUT2D eigenvalue weighted by Gasteiger charge is 2.18. The van der Waals surface area contributed by atoms with E-state index in [4.69, 9.17) is 12.2 Å². The Bertz CT molecular complexity index is 569. The standard InChI is InChI=1S/C12H14N4S2/c17-12-15-14-11(10-1-4-13-5-2-10)16(12)7-9-3-6-18-8-9/h1-2,4-5,9H,3,6-8H2,(H,15,17). The number of nitrogens with zero attached hydrogens (tertiary/aromatic N) is 3. The van der Waals surface area contributed by atoms with Crippen LogP contribution in [0.15, 0.2) is 24.5 Å². The minimum absolute atomic E-state index is 0.707. The molecule has 6 heteroatoms. The van der Waals surface area contributed by atoms with Crippen molar-refractivity contribution < 1.29 is 0 Å². The number of hydrogen-bond acceptors (Lipinski definition) is 4. The number of thioether (sulfide) groups is 1. The van der Waals surface area contributed by atoms with Crippen LogP contribution in [0.4, 0.5) is 0 Å². The summed E-state index contributed by atoms with van der Waals surface area (Å²) in [7, 11) is 0. The molecule has 0 radical (unpaired) electrons. The molecule has 2 aromatic heterocycles. The number of nitrogens with one attached hydrogen (secondary N) is 1. The van der Waals surface area contributed by atoms with Crippen LogP contribution in [0.1, 0.15) is 6.42 Å². The summed E-state index contributed by atoms with van der Waals surface area (Å²) in [4.78, 5) is 4.03. The summed E-state index contributed by atoms with van der Waals surface area (Å²) in [6, 6.07) is 3.93. The topological polar surface area (TPSA) is 46.5 Å². The van der Waals surface area contributed by atoms with E-state index in [9.17, 15) is 0 Å². The van der Waals surface area contributed by atoms with Gasteiger partial charge >= 0.3 is 0 Å². The highest BCUT2D eigenvalue weighted by molar-refractivity contribution is 7.99. The predicted octanol–water partition coefficient (Wildman–Crippen LogP) is 2.76. The molecule has 1 saturated heterocycles. The number of aromatic amines is 1. The SMILES string of the molecule is S=c1[nH]nc(-c2ccncc2)n1CC1CCSC1. The number of H-pyrrole nitrogens is 1. The zero-order chi connectivity index (χ0) is 12.4. The van der Waals surface area contributed by atoms with E-state index in [0.29, 0.717) is 10.7 Å². The third-order valence-electron chi connectivity index (χ3n) is 3.16. The summed E-state index contributed by atoms with van der Waals surface area (Å²) in [6.07, 6.45) is 4.83. The van der Waals surface area contributed by atoms with Crippen molar-refractivity contribution in [1.29, 1.82) is 0 Å². The number of aromatic nitrogens is 4. The first-order valence-electron chi connectivity index (χ1n) is 5.98. The number of hydrogen-bond donors (Lipinski definition) is 1. The van der Waals surface area contributed by atoms with Gasteiger partial charge in [0.05, 0.1) is 0 Å². The zero-order valence-corrected chi connectivity index (χ0v) is 11.5. The molecular weight excluding hydrogens is 264 g/mol. The molecule has 1 aliphatic heterocycles. The van der Waals surface area contributed by atoms with Gasteiger partial charge in [-0.2, -0.15) is 16.9 Å². The van der Waals surface area contributed by atoms with Crippen LogP contribution in [-0.2, 0) is 6.54 Å². The zero-order valence-electron chi connectivity index (χ0n) is 9.87. The molecule has 94 valence electrons. The van der Waals surface area contributed by atoms with Gasteiger partial charge in [0.1, 0.15) is 0 Å². The van der Waals surface area contributed by atoms with Crippen molar-refractivity contribution >= 4 is 24.0 Å². The van der Waals surface area contributed by atoms with Gasteiger partial charge in [-0.15, -0.1) is 0 Å². The summed E-state index contributed by atoms with van der Waals surface area (Å²) >= 11 is 7.35. The summed E-state index contributed by atoms with van der Waals surface area (Å²) in [5.41, 5.74) is 1.06. The quantitative estimate of drug-likeness (QED) is 0.877. The van der Waals surface area contributed by atoms with Crippen molar-refractivity contribution in [3.63, 3.8) is 0 Å². The van der Waals surface area contributed by atoms with E-state index in [1.807, 2.05) is 23.9 Å². The van der Waals surface area contributed by atoms with Crippen molar-refractivity contribution in [2.75, 3.05) is 11.5 Å². The fourth-order valence-electron chi connectivity index (χ4n) is 2.19. The van der Waals surface area contributed by atoms with E-state index in [0.717, 1.165) is 17.9 Å². The molecule has 3 heterocycles. The lowest BCUT2D eigenvalue weighted by Gasteiger charge is -2.11. The third kappa shape index (κ3) is 2.35. The average Bonchev–Trinajstić information content (AvgIpc) is 3.03. The van der Waals surface area contributed by atoms with Crippen LogP contribution >= 0.6 is 24.0 Å². The van der Waals surface area contributed by atoms with Gasteiger partial charge in [0.2, 0.25) is 0 Å². The van der Waals surface area contributed by atoms with E-state index in [2.05, 4.69) is 19.7 Å². The van der Waals surface area contributed by atoms with Crippen molar-refractivity contribution in [1.82, 2.24) is 19.7 Å². The molecule has 3 rings (SSSR count). The molecule has 0 aliphatic carbocycles. The van der Waals surface area contributed by atoms with Gasteiger partial charge in [-0.05, 0) is 48.2 Å². The fraction of sp³-hybridized carbons (Fsp3) is 0.417. The molecule has 18 heavy (non-hydrogen) atoms. The van der Waals surface area contributed by atoms with Gasteiger partial charge in [0.25, 0.3) is 0 Å². The molecule has 1 fully saturated rings. The molecule has 0 saturated carbocycles. The van der Waals surface area contributed by atoms with E-state index < -0.39 is 0 Å². The van der Waals surface area contributed by atoms with Crippen LogP contribution in [0.5, 0.6) is 0 Å². The van der Waals surface area contributed by atoms with Crippen LogP contribution in [-0.4, -0.2) is 31.3 Å². The van der Waals surface area contributed by atoms with Gasteiger partial charge in [-0.1, -0.05) is 0 Å². The van der Waals surface area contributed by atoms with E-state index in [1.54, 1.807) is 12.4 Å². The molecule has 0 bridgehead atoms.